The Balaban J connectivity index is 1.55. The topological polar surface area (TPSA) is 78.8 Å². The summed E-state index contributed by atoms with van der Waals surface area (Å²) >= 11 is 0. The third kappa shape index (κ3) is 3.97. The van der Waals surface area contributed by atoms with E-state index < -0.39 is 10.0 Å². The van der Waals surface area contributed by atoms with Gasteiger partial charge in [-0.2, -0.15) is 8.42 Å². The number of rotatable bonds is 5. The number of nitrogens with one attached hydrogen (secondary N) is 1. The number of amides is 1. The van der Waals surface area contributed by atoms with E-state index in [1.54, 1.807) is 30.1 Å². The second-order valence-electron chi connectivity index (χ2n) is 7.06. The van der Waals surface area contributed by atoms with Crippen molar-refractivity contribution in [1.29, 1.82) is 0 Å². The van der Waals surface area contributed by atoms with Crippen LogP contribution < -0.4 is 5.32 Å². The lowest BCUT2D eigenvalue weighted by molar-refractivity contribution is -0.121. The average Bonchev–Trinajstić information content (AvgIpc) is 3.05. The molecule has 0 aliphatic carbocycles. The Labute approximate surface area is 175 Å². The lowest BCUT2D eigenvalue weighted by Gasteiger charge is -2.23. The Hall–Kier alpha value is -3.45. The predicted octanol–water partition coefficient (Wildman–Crippen LogP) is 2.97. The predicted molar refractivity (Wildman–Crippen MR) is 116 cm³/mol. The number of carbonyl (C=O) groups is 1. The van der Waals surface area contributed by atoms with E-state index in [0.717, 1.165) is 11.1 Å². The fourth-order valence-corrected chi connectivity index (χ4v) is 4.76. The number of sulfonamides is 1. The van der Waals surface area contributed by atoms with E-state index in [2.05, 4.69) is 9.71 Å². The van der Waals surface area contributed by atoms with Gasteiger partial charge in [0.15, 0.2) is 5.84 Å². The summed E-state index contributed by atoms with van der Waals surface area (Å²) in [7, 11) is -2.07. The number of likely N-dealkylation sites (N-methyl/N-ethyl adjacent to an activating group) is 1. The zero-order valence-corrected chi connectivity index (χ0v) is 17.2. The molecule has 0 saturated heterocycles. The third-order valence-electron chi connectivity index (χ3n) is 4.93. The van der Waals surface area contributed by atoms with Crippen molar-refractivity contribution >= 4 is 21.8 Å². The molecule has 0 fully saturated rings. The molecule has 0 spiro atoms. The van der Waals surface area contributed by atoms with Crippen LogP contribution >= 0.6 is 0 Å². The van der Waals surface area contributed by atoms with E-state index in [1.807, 2.05) is 60.7 Å². The van der Waals surface area contributed by atoms with Crippen molar-refractivity contribution in [2.24, 2.45) is 4.40 Å². The summed E-state index contributed by atoms with van der Waals surface area (Å²) in [5.41, 5.74) is 2.44. The standard InChI is InChI=1S/C23H21N3O3S/c1-26(23-19-14-8-9-15-20(19)30(28,29)25-23)16-21(27)24-22(17-10-4-2-5-11-17)18-12-6-3-7-13-18/h2-15,22H,16H2,1H3,(H,24,27). The number of fused-ring (bicyclic) bond motifs is 1. The molecule has 4 rings (SSSR count). The van der Waals surface area contributed by atoms with Gasteiger partial charge in [0, 0.05) is 12.6 Å². The van der Waals surface area contributed by atoms with E-state index in [0.29, 0.717) is 5.56 Å². The summed E-state index contributed by atoms with van der Waals surface area (Å²) in [5, 5.41) is 3.06. The molecular formula is C23H21N3O3S. The molecule has 6 nitrogen and oxygen atoms in total. The van der Waals surface area contributed by atoms with Crippen LogP contribution in [0.3, 0.4) is 0 Å². The molecule has 3 aromatic rings. The number of amidine groups is 1. The highest BCUT2D eigenvalue weighted by molar-refractivity contribution is 7.90. The Morgan fingerprint density at radius 3 is 2.03 bits per heavy atom. The third-order valence-corrected chi connectivity index (χ3v) is 6.25. The normalized spacial score (nSPS) is 14.1. The highest BCUT2D eigenvalue weighted by Crippen LogP contribution is 2.27. The molecule has 1 heterocycles. The summed E-state index contributed by atoms with van der Waals surface area (Å²) in [6, 6.07) is 25.8. The smallest absolute Gasteiger partial charge is 0.285 e. The van der Waals surface area contributed by atoms with E-state index in [9.17, 15) is 13.2 Å². The van der Waals surface area contributed by atoms with E-state index in [1.165, 1.54) is 6.07 Å². The molecule has 30 heavy (non-hydrogen) atoms. The SMILES string of the molecule is CN(CC(=O)NC(c1ccccc1)c1ccccc1)C1=NS(=O)(=O)c2ccccc21. The second kappa shape index (κ2) is 8.12. The molecule has 0 bridgehead atoms. The lowest BCUT2D eigenvalue weighted by Crippen LogP contribution is -2.40. The van der Waals surface area contributed by atoms with E-state index >= 15 is 0 Å². The van der Waals surface area contributed by atoms with Gasteiger partial charge in [0.1, 0.15) is 4.90 Å². The van der Waals surface area contributed by atoms with Gasteiger partial charge in [-0.05, 0) is 23.3 Å². The molecule has 1 aliphatic rings. The number of carbonyl (C=O) groups excluding carboxylic acids is 1. The molecule has 0 atom stereocenters. The van der Waals surface area contributed by atoms with Crippen LogP contribution in [0.5, 0.6) is 0 Å². The van der Waals surface area contributed by atoms with Crippen molar-refractivity contribution in [2.45, 2.75) is 10.9 Å². The molecule has 0 radical (unpaired) electrons. The second-order valence-corrected chi connectivity index (χ2v) is 8.64. The van der Waals surface area contributed by atoms with Crippen molar-refractivity contribution in [2.75, 3.05) is 13.6 Å². The highest BCUT2D eigenvalue weighted by atomic mass is 32.2. The molecule has 7 heteroatoms. The van der Waals surface area contributed by atoms with Gasteiger partial charge in [0.25, 0.3) is 10.0 Å². The van der Waals surface area contributed by atoms with Gasteiger partial charge in [0.2, 0.25) is 5.91 Å². The molecule has 152 valence electrons. The number of benzene rings is 3. The molecule has 1 amide bonds. The van der Waals surface area contributed by atoms with Crippen molar-refractivity contribution in [3.63, 3.8) is 0 Å². The number of hydrogen-bond acceptors (Lipinski definition) is 4. The minimum Gasteiger partial charge on any atom is -0.349 e. The Bertz CT molecular complexity index is 1150. The zero-order valence-electron chi connectivity index (χ0n) is 16.4. The van der Waals surface area contributed by atoms with Gasteiger partial charge in [-0.25, -0.2) is 0 Å². The quantitative estimate of drug-likeness (QED) is 0.690. The first-order chi connectivity index (χ1) is 14.5. The monoisotopic (exact) mass is 419 g/mol. The van der Waals surface area contributed by atoms with Crippen molar-refractivity contribution in [3.8, 4) is 0 Å². The fourth-order valence-electron chi connectivity index (χ4n) is 3.51. The largest absolute Gasteiger partial charge is 0.349 e. The summed E-state index contributed by atoms with van der Waals surface area (Å²) in [6.45, 7) is -0.0289. The molecule has 0 saturated carbocycles. The summed E-state index contributed by atoms with van der Waals surface area (Å²) in [6.07, 6.45) is 0. The van der Waals surface area contributed by atoms with Crippen LogP contribution in [0, 0.1) is 0 Å². The lowest BCUT2D eigenvalue weighted by atomic mass is 9.99. The first-order valence-corrected chi connectivity index (χ1v) is 10.9. The molecule has 3 aromatic carbocycles. The van der Waals surface area contributed by atoms with Crippen LogP contribution in [0.4, 0.5) is 0 Å². The Kier molecular flexibility index (Phi) is 5.37. The van der Waals surface area contributed by atoms with Crippen LogP contribution in [0.2, 0.25) is 0 Å². The van der Waals surface area contributed by atoms with Crippen LogP contribution in [-0.2, 0) is 14.8 Å². The molecule has 1 aliphatic heterocycles. The average molecular weight is 420 g/mol. The first-order valence-electron chi connectivity index (χ1n) is 9.50. The van der Waals surface area contributed by atoms with E-state index in [4.69, 9.17) is 0 Å². The maximum absolute atomic E-state index is 12.9. The minimum atomic E-state index is -3.73. The molecule has 1 N–H and O–H groups in total. The maximum Gasteiger partial charge on any atom is 0.285 e. The van der Waals surface area contributed by atoms with Gasteiger partial charge in [0.05, 0.1) is 12.6 Å². The highest BCUT2D eigenvalue weighted by Gasteiger charge is 2.31. The van der Waals surface area contributed by atoms with Crippen molar-refractivity contribution in [1.82, 2.24) is 10.2 Å². The van der Waals surface area contributed by atoms with Crippen LogP contribution in [0.15, 0.2) is 94.2 Å². The fraction of sp³-hybridized carbons (Fsp3) is 0.130. The van der Waals surface area contributed by atoms with Crippen LogP contribution in [0.25, 0.3) is 0 Å². The first kappa shape index (κ1) is 19.8. The van der Waals surface area contributed by atoms with Gasteiger partial charge < -0.3 is 10.2 Å². The maximum atomic E-state index is 12.9. The minimum absolute atomic E-state index is 0.0289. The molecular weight excluding hydrogens is 398 g/mol. The molecule has 0 aromatic heterocycles. The Morgan fingerprint density at radius 1 is 0.900 bits per heavy atom. The summed E-state index contributed by atoms with van der Waals surface area (Å²) < 4.78 is 28.4. The summed E-state index contributed by atoms with van der Waals surface area (Å²) in [4.78, 5) is 14.6. The van der Waals surface area contributed by atoms with Crippen LogP contribution in [-0.4, -0.2) is 38.7 Å². The van der Waals surface area contributed by atoms with Gasteiger partial charge in [-0.1, -0.05) is 72.8 Å². The van der Waals surface area contributed by atoms with Gasteiger partial charge in [-0.15, -0.1) is 4.40 Å². The van der Waals surface area contributed by atoms with E-state index in [-0.39, 0.29) is 29.2 Å². The number of hydrogen-bond donors (Lipinski definition) is 1. The Morgan fingerprint density at radius 2 is 1.43 bits per heavy atom. The molecule has 0 unspecified atom stereocenters. The van der Waals surface area contributed by atoms with Gasteiger partial charge in [-0.3, -0.25) is 4.79 Å². The van der Waals surface area contributed by atoms with Crippen molar-refractivity contribution < 1.29 is 13.2 Å². The van der Waals surface area contributed by atoms with Crippen molar-refractivity contribution in [3.05, 3.63) is 102 Å². The zero-order chi connectivity index (χ0) is 21.1. The van der Waals surface area contributed by atoms with Gasteiger partial charge >= 0.3 is 0 Å². The number of nitrogens with zero attached hydrogens (tertiary/aromatic N) is 2. The van der Waals surface area contributed by atoms with Crippen LogP contribution in [0.1, 0.15) is 22.7 Å². The summed E-state index contributed by atoms with van der Waals surface area (Å²) in [5.74, 6) is 0.0383.